The van der Waals surface area contributed by atoms with E-state index >= 15 is 0 Å². The van der Waals surface area contributed by atoms with Crippen LogP contribution in [0.2, 0.25) is 0 Å². The van der Waals surface area contributed by atoms with Gasteiger partial charge in [-0.3, -0.25) is 0 Å². The summed E-state index contributed by atoms with van der Waals surface area (Å²) in [5.41, 5.74) is 0. The van der Waals surface area contributed by atoms with E-state index in [-0.39, 0.29) is 0 Å². The minimum Gasteiger partial charge on any atom is -0.449 e. The van der Waals surface area contributed by atoms with Gasteiger partial charge in [-0.25, -0.2) is 4.98 Å². The van der Waals surface area contributed by atoms with E-state index in [2.05, 4.69) is 11.1 Å². The van der Waals surface area contributed by atoms with Crippen LogP contribution in [-0.2, 0) is 21.7 Å². The standard InChI is InChI=1S/C12H13NO3S/c1-12(15-6-7-16-12)10-3-2-9(17-10)8-11-13-4-5-14-11/h2-5H,6-8H2,1H3. The molecule has 0 aliphatic carbocycles. The third-order valence-electron chi connectivity index (χ3n) is 2.76. The number of nitrogens with zero attached hydrogens (tertiary/aromatic N) is 1. The second kappa shape index (κ2) is 4.25. The van der Waals surface area contributed by atoms with Gasteiger partial charge in [-0.15, -0.1) is 11.3 Å². The van der Waals surface area contributed by atoms with E-state index in [9.17, 15) is 0 Å². The molecule has 1 aliphatic heterocycles. The molecule has 1 fully saturated rings. The lowest BCUT2D eigenvalue weighted by atomic mass is 10.2. The van der Waals surface area contributed by atoms with Crippen LogP contribution in [0.25, 0.3) is 0 Å². The smallest absolute Gasteiger partial charge is 0.201 e. The van der Waals surface area contributed by atoms with Gasteiger partial charge >= 0.3 is 0 Å². The fraction of sp³-hybridized carbons (Fsp3) is 0.417. The van der Waals surface area contributed by atoms with Gasteiger partial charge in [-0.05, 0) is 19.1 Å². The molecule has 0 atom stereocenters. The fourth-order valence-electron chi connectivity index (χ4n) is 1.86. The maximum Gasteiger partial charge on any atom is 0.201 e. The summed E-state index contributed by atoms with van der Waals surface area (Å²) in [6.07, 6.45) is 3.97. The molecule has 3 rings (SSSR count). The largest absolute Gasteiger partial charge is 0.449 e. The summed E-state index contributed by atoms with van der Waals surface area (Å²) >= 11 is 1.68. The van der Waals surface area contributed by atoms with Crippen molar-refractivity contribution in [1.29, 1.82) is 0 Å². The van der Waals surface area contributed by atoms with Gasteiger partial charge in [0.2, 0.25) is 5.79 Å². The first-order valence-electron chi connectivity index (χ1n) is 5.52. The highest BCUT2D eigenvalue weighted by Gasteiger charge is 2.34. The summed E-state index contributed by atoms with van der Waals surface area (Å²) < 4.78 is 16.5. The van der Waals surface area contributed by atoms with Gasteiger partial charge in [-0.2, -0.15) is 0 Å². The van der Waals surface area contributed by atoms with Gasteiger partial charge in [0.1, 0.15) is 6.26 Å². The van der Waals surface area contributed by atoms with Crippen molar-refractivity contribution in [2.45, 2.75) is 19.1 Å². The maximum atomic E-state index is 5.62. The minimum absolute atomic E-state index is 0.570. The third kappa shape index (κ3) is 2.13. The van der Waals surface area contributed by atoms with E-state index < -0.39 is 5.79 Å². The van der Waals surface area contributed by atoms with Gasteiger partial charge in [0.25, 0.3) is 0 Å². The molecule has 3 heterocycles. The Morgan fingerprint density at radius 2 is 2.18 bits per heavy atom. The Morgan fingerprint density at radius 1 is 1.35 bits per heavy atom. The van der Waals surface area contributed by atoms with Crippen molar-refractivity contribution in [2.24, 2.45) is 0 Å². The van der Waals surface area contributed by atoms with Crippen LogP contribution in [-0.4, -0.2) is 18.2 Å². The highest BCUT2D eigenvalue weighted by Crippen LogP contribution is 2.35. The highest BCUT2D eigenvalue weighted by atomic mass is 32.1. The predicted molar refractivity (Wildman–Crippen MR) is 62.9 cm³/mol. The SMILES string of the molecule is CC1(c2ccc(Cc3ncco3)s2)OCCO1. The highest BCUT2D eigenvalue weighted by molar-refractivity contribution is 7.12. The maximum absolute atomic E-state index is 5.62. The number of thiophene rings is 1. The molecule has 1 aliphatic rings. The molecule has 90 valence electrons. The van der Waals surface area contributed by atoms with Crippen molar-refractivity contribution in [1.82, 2.24) is 4.98 Å². The van der Waals surface area contributed by atoms with Crippen molar-refractivity contribution in [3.63, 3.8) is 0 Å². The van der Waals surface area contributed by atoms with Crippen LogP contribution in [0.15, 0.2) is 29.0 Å². The third-order valence-corrected chi connectivity index (χ3v) is 4.03. The zero-order chi connectivity index (χ0) is 11.7. The average molecular weight is 251 g/mol. The average Bonchev–Trinajstić information content (AvgIpc) is 3.00. The second-order valence-electron chi connectivity index (χ2n) is 4.01. The molecule has 2 aromatic rings. The normalized spacial score (nSPS) is 18.6. The molecule has 0 spiro atoms. The Bertz CT molecular complexity index is 486. The Kier molecular flexibility index (Phi) is 2.74. The van der Waals surface area contributed by atoms with E-state index in [1.54, 1.807) is 23.8 Å². The zero-order valence-electron chi connectivity index (χ0n) is 9.51. The monoisotopic (exact) mass is 251 g/mol. The molecule has 0 unspecified atom stereocenters. The molecule has 0 saturated carbocycles. The van der Waals surface area contributed by atoms with Gasteiger partial charge in [-0.1, -0.05) is 0 Å². The molecule has 2 aromatic heterocycles. The molecular formula is C12H13NO3S. The molecule has 0 bridgehead atoms. The van der Waals surface area contributed by atoms with E-state index in [0.717, 1.165) is 10.8 Å². The summed E-state index contributed by atoms with van der Waals surface area (Å²) in [6, 6.07) is 4.12. The lowest BCUT2D eigenvalue weighted by Gasteiger charge is -2.20. The summed E-state index contributed by atoms with van der Waals surface area (Å²) in [5.74, 6) is 0.163. The van der Waals surface area contributed by atoms with Crippen LogP contribution < -0.4 is 0 Å². The van der Waals surface area contributed by atoms with E-state index in [1.165, 1.54) is 4.88 Å². The second-order valence-corrected chi connectivity index (χ2v) is 5.18. The first-order valence-corrected chi connectivity index (χ1v) is 6.33. The van der Waals surface area contributed by atoms with E-state index in [1.807, 2.05) is 13.0 Å². The molecule has 17 heavy (non-hydrogen) atoms. The van der Waals surface area contributed by atoms with E-state index in [0.29, 0.717) is 19.6 Å². The fourth-order valence-corrected chi connectivity index (χ4v) is 2.92. The summed E-state index contributed by atoms with van der Waals surface area (Å²) in [7, 11) is 0. The first kappa shape index (κ1) is 11.0. The van der Waals surface area contributed by atoms with Crippen molar-refractivity contribution >= 4 is 11.3 Å². The predicted octanol–water partition coefficient (Wildman–Crippen LogP) is 2.55. The zero-order valence-corrected chi connectivity index (χ0v) is 10.3. The lowest BCUT2D eigenvalue weighted by Crippen LogP contribution is -2.20. The molecular weight excluding hydrogens is 238 g/mol. The quantitative estimate of drug-likeness (QED) is 0.841. The Hall–Kier alpha value is -1.17. The molecule has 0 amide bonds. The van der Waals surface area contributed by atoms with Gasteiger partial charge in [0, 0.05) is 4.88 Å². The van der Waals surface area contributed by atoms with Crippen molar-refractivity contribution in [3.8, 4) is 0 Å². The van der Waals surface area contributed by atoms with Gasteiger partial charge < -0.3 is 13.9 Å². The number of ether oxygens (including phenoxy) is 2. The minimum atomic E-state index is -0.570. The lowest BCUT2D eigenvalue weighted by molar-refractivity contribution is -0.146. The van der Waals surface area contributed by atoms with Gasteiger partial charge in [0.05, 0.1) is 30.7 Å². The molecule has 0 radical (unpaired) electrons. The number of oxazole rings is 1. The number of hydrogen-bond donors (Lipinski definition) is 0. The van der Waals surface area contributed by atoms with Crippen molar-refractivity contribution in [2.75, 3.05) is 13.2 Å². The first-order chi connectivity index (χ1) is 8.26. The Balaban J connectivity index is 1.78. The Morgan fingerprint density at radius 3 is 2.88 bits per heavy atom. The number of hydrogen-bond acceptors (Lipinski definition) is 5. The molecule has 1 saturated heterocycles. The topological polar surface area (TPSA) is 44.5 Å². The number of aromatic nitrogens is 1. The molecule has 5 heteroatoms. The van der Waals surface area contributed by atoms with Crippen LogP contribution in [0.1, 0.15) is 22.6 Å². The molecule has 4 nitrogen and oxygen atoms in total. The van der Waals surface area contributed by atoms with Crippen molar-refractivity contribution in [3.05, 3.63) is 40.2 Å². The van der Waals surface area contributed by atoms with Crippen LogP contribution >= 0.6 is 11.3 Å². The van der Waals surface area contributed by atoms with Crippen LogP contribution in [0.4, 0.5) is 0 Å². The number of rotatable bonds is 3. The van der Waals surface area contributed by atoms with Gasteiger partial charge in [0.15, 0.2) is 5.89 Å². The van der Waals surface area contributed by atoms with E-state index in [4.69, 9.17) is 13.9 Å². The van der Waals surface area contributed by atoms with Crippen LogP contribution in [0, 0.1) is 0 Å². The Labute approximate surface area is 103 Å². The summed E-state index contributed by atoms with van der Waals surface area (Å²) in [6.45, 7) is 3.27. The summed E-state index contributed by atoms with van der Waals surface area (Å²) in [4.78, 5) is 6.40. The van der Waals surface area contributed by atoms with Crippen LogP contribution in [0.5, 0.6) is 0 Å². The molecule has 0 N–H and O–H groups in total. The van der Waals surface area contributed by atoms with Crippen molar-refractivity contribution < 1.29 is 13.9 Å². The van der Waals surface area contributed by atoms with Crippen LogP contribution in [0.3, 0.4) is 0 Å². The summed E-state index contributed by atoms with van der Waals surface area (Å²) in [5, 5.41) is 0. The molecule has 0 aromatic carbocycles.